The van der Waals surface area contributed by atoms with Crippen molar-refractivity contribution in [2.75, 3.05) is 41.4 Å². The molecule has 0 aliphatic heterocycles. The minimum absolute atomic E-state index is 0.0207. The van der Waals surface area contributed by atoms with Gasteiger partial charge in [-0.2, -0.15) is 0 Å². The number of hydrogen-bond acceptors (Lipinski definition) is 5. The molecule has 140 valence electrons. The van der Waals surface area contributed by atoms with Crippen LogP contribution in [0.3, 0.4) is 0 Å². The lowest BCUT2D eigenvalue weighted by Crippen LogP contribution is -2.33. The van der Waals surface area contributed by atoms with Crippen LogP contribution < -0.4 is 14.8 Å². The maximum atomic E-state index is 12.5. The highest BCUT2D eigenvalue weighted by atomic mass is 16.5. The number of methoxy groups -OCH3 is 2. The molecule has 0 aliphatic carbocycles. The van der Waals surface area contributed by atoms with Crippen LogP contribution in [0.15, 0.2) is 42.5 Å². The SMILES string of the molecule is COc1ccc(C(=O)CNCC(c2ccc(C)cc2)N(C)C)cc1OC. The van der Waals surface area contributed by atoms with Crippen LogP contribution >= 0.6 is 0 Å². The zero-order valence-electron chi connectivity index (χ0n) is 16.2. The van der Waals surface area contributed by atoms with Gasteiger partial charge in [-0.3, -0.25) is 4.79 Å². The average Bonchev–Trinajstić information content (AvgIpc) is 2.65. The van der Waals surface area contributed by atoms with Crippen molar-refractivity contribution in [3.63, 3.8) is 0 Å². The molecular formula is C21H28N2O3. The van der Waals surface area contributed by atoms with Crippen LogP contribution in [0.4, 0.5) is 0 Å². The van der Waals surface area contributed by atoms with Crippen molar-refractivity contribution < 1.29 is 14.3 Å². The van der Waals surface area contributed by atoms with E-state index in [1.807, 2.05) is 14.1 Å². The van der Waals surface area contributed by atoms with Gasteiger partial charge in [0.15, 0.2) is 17.3 Å². The van der Waals surface area contributed by atoms with Gasteiger partial charge in [-0.25, -0.2) is 0 Å². The van der Waals surface area contributed by atoms with Gasteiger partial charge in [0.05, 0.1) is 20.8 Å². The molecule has 1 unspecified atom stereocenters. The van der Waals surface area contributed by atoms with Crippen LogP contribution in [0.1, 0.15) is 27.5 Å². The predicted molar refractivity (Wildman–Crippen MR) is 104 cm³/mol. The lowest BCUT2D eigenvalue weighted by Gasteiger charge is -2.25. The third kappa shape index (κ3) is 5.07. The number of nitrogens with zero attached hydrogens (tertiary/aromatic N) is 1. The number of rotatable bonds is 9. The van der Waals surface area contributed by atoms with Gasteiger partial charge in [0.1, 0.15) is 0 Å². The molecule has 0 radical (unpaired) electrons. The molecule has 0 fully saturated rings. The van der Waals surface area contributed by atoms with Gasteiger partial charge in [0.2, 0.25) is 0 Å². The van der Waals surface area contributed by atoms with Crippen LogP contribution in [-0.4, -0.2) is 52.1 Å². The number of hydrogen-bond donors (Lipinski definition) is 1. The summed E-state index contributed by atoms with van der Waals surface area (Å²) in [4.78, 5) is 14.6. The summed E-state index contributed by atoms with van der Waals surface area (Å²) >= 11 is 0. The summed E-state index contributed by atoms with van der Waals surface area (Å²) in [7, 11) is 7.23. The molecule has 26 heavy (non-hydrogen) atoms. The highest BCUT2D eigenvalue weighted by Gasteiger charge is 2.15. The van der Waals surface area contributed by atoms with Crippen molar-refractivity contribution in [2.24, 2.45) is 0 Å². The number of likely N-dealkylation sites (N-methyl/N-ethyl adjacent to an activating group) is 1. The molecule has 1 N–H and O–H groups in total. The second-order valence-corrected chi connectivity index (χ2v) is 6.51. The number of carbonyl (C=O) groups excluding carboxylic acids is 1. The van der Waals surface area contributed by atoms with Gasteiger partial charge >= 0.3 is 0 Å². The topological polar surface area (TPSA) is 50.8 Å². The Hall–Kier alpha value is -2.37. The zero-order chi connectivity index (χ0) is 19.1. The van der Waals surface area contributed by atoms with E-state index in [-0.39, 0.29) is 18.4 Å². The van der Waals surface area contributed by atoms with E-state index in [4.69, 9.17) is 9.47 Å². The minimum Gasteiger partial charge on any atom is -0.493 e. The third-order valence-corrected chi connectivity index (χ3v) is 4.41. The molecular weight excluding hydrogens is 328 g/mol. The molecule has 2 aromatic carbocycles. The van der Waals surface area contributed by atoms with Crippen molar-refractivity contribution >= 4 is 5.78 Å². The molecule has 0 saturated carbocycles. The van der Waals surface area contributed by atoms with Crippen LogP contribution in [0, 0.1) is 6.92 Å². The fourth-order valence-electron chi connectivity index (χ4n) is 2.82. The number of ketones is 1. The van der Waals surface area contributed by atoms with Crippen LogP contribution in [0.25, 0.3) is 0 Å². The van der Waals surface area contributed by atoms with E-state index < -0.39 is 0 Å². The number of Topliss-reactive ketones (excluding diaryl/α,β-unsaturated/α-hetero) is 1. The molecule has 0 heterocycles. The lowest BCUT2D eigenvalue weighted by molar-refractivity contribution is 0.0988. The average molecular weight is 356 g/mol. The van der Waals surface area contributed by atoms with E-state index in [0.717, 1.165) is 0 Å². The van der Waals surface area contributed by atoms with Gasteiger partial charge in [-0.15, -0.1) is 0 Å². The normalized spacial score (nSPS) is 12.1. The van der Waals surface area contributed by atoms with E-state index in [2.05, 4.69) is 41.4 Å². The summed E-state index contributed by atoms with van der Waals surface area (Å²) in [5, 5.41) is 3.28. The second kappa shape index (κ2) is 9.36. The Morgan fingerprint density at radius 1 is 1.04 bits per heavy atom. The molecule has 0 amide bonds. The van der Waals surface area contributed by atoms with E-state index in [0.29, 0.717) is 23.6 Å². The molecule has 0 aromatic heterocycles. The Labute approximate surface area is 155 Å². The predicted octanol–water partition coefficient (Wildman–Crippen LogP) is 3.09. The highest BCUT2D eigenvalue weighted by Crippen LogP contribution is 2.27. The minimum atomic E-state index is 0.0207. The Kier molecular flexibility index (Phi) is 7.18. The summed E-state index contributed by atoms with van der Waals surface area (Å²) in [5.41, 5.74) is 3.07. The number of ether oxygens (including phenoxy) is 2. The summed E-state index contributed by atoms with van der Waals surface area (Å²) < 4.78 is 10.5. The van der Waals surface area contributed by atoms with E-state index in [1.54, 1.807) is 32.4 Å². The smallest absolute Gasteiger partial charge is 0.176 e. The van der Waals surface area contributed by atoms with Crippen LogP contribution in [-0.2, 0) is 0 Å². The zero-order valence-corrected chi connectivity index (χ0v) is 16.2. The third-order valence-electron chi connectivity index (χ3n) is 4.41. The fourth-order valence-corrected chi connectivity index (χ4v) is 2.82. The molecule has 0 saturated heterocycles. The van der Waals surface area contributed by atoms with E-state index in [9.17, 15) is 4.79 Å². The molecule has 0 aliphatic rings. The second-order valence-electron chi connectivity index (χ2n) is 6.51. The quantitative estimate of drug-likeness (QED) is 0.700. The van der Waals surface area contributed by atoms with Crippen molar-refractivity contribution in [2.45, 2.75) is 13.0 Å². The van der Waals surface area contributed by atoms with Crippen molar-refractivity contribution in [1.82, 2.24) is 10.2 Å². The van der Waals surface area contributed by atoms with Crippen molar-refractivity contribution in [3.8, 4) is 11.5 Å². The molecule has 5 heteroatoms. The number of nitrogens with one attached hydrogen (secondary N) is 1. The number of carbonyl (C=O) groups is 1. The lowest BCUT2D eigenvalue weighted by atomic mass is 10.0. The Morgan fingerprint density at radius 2 is 1.69 bits per heavy atom. The molecule has 2 aromatic rings. The highest BCUT2D eigenvalue weighted by molar-refractivity contribution is 5.98. The summed E-state index contributed by atoms with van der Waals surface area (Å²) in [6.07, 6.45) is 0. The first-order chi connectivity index (χ1) is 12.5. The summed E-state index contributed by atoms with van der Waals surface area (Å²) in [6.45, 7) is 3.04. The molecule has 1 atom stereocenters. The van der Waals surface area contributed by atoms with Gasteiger partial charge in [-0.05, 0) is 44.8 Å². The standard InChI is InChI=1S/C21H28N2O3/c1-15-6-8-16(9-7-15)18(23(2)3)13-22-14-19(24)17-10-11-20(25-4)21(12-17)26-5/h6-12,18,22H,13-14H2,1-5H3. The fraction of sp³-hybridized carbons (Fsp3) is 0.381. The Morgan fingerprint density at radius 3 is 2.27 bits per heavy atom. The summed E-state index contributed by atoms with van der Waals surface area (Å²) in [5.74, 6) is 1.19. The monoisotopic (exact) mass is 356 g/mol. The van der Waals surface area contributed by atoms with Crippen LogP contribution in [0.5, 0.6) is 11.5 Å². The molecule has 5 nitrogen and oxygen atoms in total. The van der Waals surface area contributed by atoms with Gasteiger partial charge in [-0.1, -0.05) is 29.8 Å². The Bertz CT molecular complexity index is 727. The number of aryl methyl sites for hydroxylation is 1. The Balaban J connectivity index is 1.98. The maximum Gasteiger partial charge on any atom is 0.176 e. The maximum absolute atomic E-state index is 12.5. The van der Waals surface area contributed by atoms with Gasteiger partial charge in [0, 0.05) is 18.2 Å². The number of benzene rings is 2. The van der Waals surface area contributed by atoms with Crippen LogP contribution in [0.2, 0.25) is 0 Å². The molecule has 0 bridgehead atoms. The van der Waals surface area contributed by atoms with Gasteiger partial charge < -0.3 is 19.7 Å². The first kappa shape index (κ1) is 19.9. The van der Waals surface area contributed by atoms with Crippen molar-refractivity contribution in [3.05, 3.63) is 59.2 Å². The van der Waals surface area contributed by atoms with Crippen molar-refractivity contribution in [1.29, 1.82) is 0 Å². The largest absolute Gasteiger partial charge is 0.493 e. The van der Waals surface area contributed by atoms with E-state index >= 15 is 0 Å². The first-order valence-electron chi connectivity index (χ1n) is 8.65. The van der Waals surface area contributed by atoms with E-state index in [1.165, 1.54) is 11.1 Å². The molecule has 0 spiro atoms. The van der Waals surface area contributed by atoms with Gasteiger partial charge in [0.25, 0.3) is 0 Å². The molecule has 2 rings (SSSR count). The first-order valence-corrected chi connectivity index (χ1v) is 8.65. The summed E-state index contributed by atoms with van der Waals surface area (Å²) in [6, 6.07) is 13.9.